The Morgan fingerprint density at radius 3 is 2.53 bits per heavy atom. The van der Waals surface area contributed by atoms with Gasteiger partial charge in [0.2, 0.25) is 0 Å². The lowest BCUT2D eigenvalue weighted by Gasteiger charge is -2.27. The summed E-state index contributed by atoms with van der Waals surface area (Å²) in [6.45, 7) is 2.48. The van der Waals surface area contributed by atoms with Gasteiger partial charge >= 0.3 is 12.1 Å². The first-order valence-electron chi connectivity index (χ1n) is 8.62. The fourth-order valence-electron chi connectivity index (χ4n) is 2.69. The summed E-state index contributed by atoms with van der Waals surface area (Å²) in [7, 11) is 0. The van der Waals surface area contributed by atoms with Gasteiger partial charge in [-0.05, 0) is 6.07 Å². The molecule has 3 aromatic heterocycles. The maximum absolute atomic E-state index is 12.4. The second kappa shape index (κ2) is 8.71. The van der Waals surface area contributed by atoms with Crippen LogP contribution in [0.4, 0.5) is 13.2 Å². The van der Waals surface area contributed by atoms with Crippen LogP contribution < -0.4 is 0 Å². The van der Waals surface area contributed by atoms with Crippen molar-refractivity contribution in [2.75, 3.05) is 6.54 Å². The third-order valence-electron chi connectivity index (χ3n) is 4.05. The molecule has 1 amide bonds. The van der Waals surface area contributed by atoms with Gasteiger partial charge in [0.05, 0.1) is 25.0 Å². The Labute approximate surface area is 167 Å². The molecule has 0 radical (unpaired) electrons. The van der Waals surface area contributed by atoms with Crippen LogP contribution in [-0.4, -0.2) is 63.9 Å². The van der Waals surface area contributed by atoms with E-state index in [0.29, 0.717) is 25.3 Å². The summed E-state index contributed by atoms with van der Waals surface area (Å²) >= 11 is 0. The molecule has 1 aliphatic heterocycles. The number of rotatable bonds is 3. The van der Waals surface area contributed by atoms with Crippen molar-refractivity contribution in [1.29, 1.82) is 0 Å². The molecule has 0 aliphatic carbocycles. The Hall–Kier alpha value is -3.77. The van der Waals surface area contributed by atoms with E-state index >= 15 is 0 Å². The van der Waals surface area contributed by atoms with Crippen LogP contribution in [0, 0.1) is 0 Å². The minimum atomic E-state index is -5.08. The number of carboxylic acid groups (broad SMARTS) is 1. The predicted octanol–water partition coefficient (Wildman–Crippen LogP) is 1.21. The zero-order chi connectivity index (χ0) is 21.7. The van der Waals surface area contributed by atoms with Gasteiger partial charge in [-0.1, -0.05) is 0 Å². The Balaban J connectivity index is 0.000000318. The third-order valence-corrected chi connectivity index (χ3v) is 4.05. The fraction of sp³-hybridized carbons (Fsp3) is 0.294. The number of amides is 1. The summed E-state index contributed by atoms with van der Waals surface area (Å²) in [6.07, 6.45) is 5.18. The molecule has 4 heterocycles. The van der Waals surface area contributed by atoms with Crippen LogP contribution in [0.3, 0.4) is 0 Å². The number of aromatic nitrogens is 6. The summed E-state index contributed by atoms with van der Waals surface area (Å²) in [4.78, 5) is 35.7. The molecule has 0 spiro atoms. The number of hydrogen-bond donors (Lipinski definition) is 1. The van der Waals surface area contributed by atoms with E-state index in [-0.39, 0.29) is 5.91 Å². The number of carbonyl (C=O) groups excluding carboxylic acids is 1. The first-order chi connectivity index (χ1) is 14.2. The molecule has 158 valence electrons. The predicted molar refractivity (Wildman–Crippen MR) is 94.0 cm³/mol. The highest BCUT2D eigenvalue weighted by Crippen LogP contribution is 2.15. The Kier molecular flexibility index (Phi) is 6.09. The number of alkyl halides is 3. The van der Waals surface area contributed by atoms with Gasteiger partial charge in [0.25, 0.3) is 5.91 Å². The summed E-state index contributed by atoms with van der Waals surface area (Å²) < 4.78 is 35.7. The highest BCUT2D eigenvalue weighted by atomic mass is 19.4. The molecule has 0 saturated carbocycles. The molecule has 30 heavy (non-hydrogen) atoms. The van der Waals surface area contributed by atoms with Gasteiger partial charge in [-0.3, -0.25) is 14.5 Å². The lowest BCUT2D eigenvalue weighted by atomic mass is 10.3. The average Bonchev–Trinajstić information content (AvgIpc) is 3.36. The molecule has 4 rings (SSSR count). The second-order valence-electron chi connectivity index (χ2n) is 6.17. The molecule has 3 aromatic rings. The van der Waals surface area contributed by atoms with E-state index in [0.717, 1.165) is 18.1 Å². The van der Waals surface area contributed by atoms with E-state index in [9.17, 15) is 18.0 Å². The van der Waals surface area contributed by atoms with Crippen LogP contribution in [-0.2, 0) is 24.4 Å². The van der Waals surface area contributed by atoms with E-state index in [4.69, 9.17) is 9.90 Å². The van der Waals surface area contributed by atoms with Gasteiger partial charge in [-0.15, -0.1) is 0 Å². The molecule has 1 aliphatic rings. The monoisotopic (exact) mass is 423 g/mol. The normalized spacial score (nSPS) is 13.2. The van der Waals surface area contributed by atoms with E-state index in [1.54, 1.807) is 17.3 Å². The first-order valence-corrected chi connectivity index (χ1v) is 8.62. The molecular weight excluding hydrogens is 407 g/mol. The van der Waals surface area contributed by atoms with Gasteiger partial charge in [-0.2, -0.15) is 18.3 Å². The van der Waals surface area contributed by atoms with E-state index in [1.807, 2.05) is 23.1 Å². The molecule has 13 heteroatoms. The van der Waals surface area contributed by atoms with Gasteiger partial charge in [0.1, 0.15) is 11.5 Å². The number of hydrogen-bond acceptors (Lipinski definition) is 6. The van der Waals surface area contributed by atoms with Crippen molar-refractivity contribution in [3.63, 3.8) is 0 Å². The quantitative estimate of drug-likeness (QED) is 0.672. The molecule has 0 saturated heterocycles. The lowest BCUT2D eigenvalue weighted by molar-refractivity contribution is -0.192. The highest BCUT2D eigenvalue weighted by Gasteiger charge is 2.38. The maximum atomic E-state index is 12.4. The molecule has 1 N–H and O–H groups in total. The standard InChI is InChI=1S/C15H15N7O.C2HF3O2/c23-15(13-8-16-3-4-17-13)21-7-6-20-9-12(19-14(20)11-21)10-22-5-1-2-18-22;3-2(4,5)1(6)7/h1-5,8-9H,6-7,10-11H2;(H,6,7). The Morgan fingerprint density at radius 1 is 1.17 bits per heavy atom. The van der Waals surface area contributed by atoms with Crippen molar-refractivity contribution < 1.29 is 27.9 Å². The topological polar surface area (TPSA) is 119 Å². The van der Waals surface area contributed by atoms with Crippen LogP contribution in [0.1, 0.15) is 22.0 Å². The Morgan fingerprint density at radius 2 is 1.93 bits per heavy atom. The minimum absolute atomic E-state index is 0.110. The van der Waals surface area contributed by atoms with Crippen LogP contribution in [0.25, 0.3) is 0 Å². The second-order valence-corrected chi connectivity index (χ2v) is 6.17. The molecule has 0 fully saturated rings. The van der Waals surface area contributed by atoms with Crippen molar-refractivity contribution in [3.8, 4) is 0 Å². The van der Waals surface area contributed by atoms with Gasteiger partial charge in [0.15, 0.2) is 0 Å². The molecule has 0 aromatic carbocycles. The van der Waals surface area contributed by atoms with Crippen molar-refractivity contribution in [1.82, 2.24) is 34.2 Å². The van der Waals surface area contributed by atoms with Crippen molar-refractivity contribution in [3.05, 3.63) is 60.5 Å². The largest absolute Gasteiger partial charge is 0.490 e. The maximum Gasteiger partial charge on any atom is 0.490 e. The smallest absolute Gasteiger partial charge is 0.475 e. The first kappa shape index (κ1) is 21.0. The summed E-state index contributed by atoms with van der Waals surface area (Å²) in [5, 5.41) is 11.3. The van der Waals surface area contributed by atoms with Gasteiger partial charge < -0.3 is 14.6 Å². The van der Waals surface area contributed by atoms with Crippen LogP contribution >= 0.6 is 0 Å². The minimum Gasteiger partial charge on any atom is -0.475 e. The molecule has 10 nitrogen and oxygen atoms in total. The zero-order valence-corrected chi connectivity index (χ0v) is 15.4. The van der Waals surface area contributed by atoms with Gasteiger partial charge in [-0.25, -0.2) is 14.8 Å². The lowest BCUT2D eigenvalue weighted by Crippen LogP contribution is -2.38. The molecule has 0 unspecified atom stereocenters. The highest BCUT2D eigenvalue weighted by molar-refractivity contribution is 5.91. The number of fused-ring (bicyclic) bond motifs is 1. The van der Waals surface area contributed by atoms with Crippen molar-refractivity contribution in [2.45, 2.75) is 25.8 Å². The molecule has 0 bridgehead atoms. The number of carbonyl (C=O) groups is 2. The third kappa shape index (κ3) is 5.18. The molecular formula is C17H16F3N7O3. The van der Waals surface area contributed by atoms with E-state index in [1.165, 1.54) is 12.4 Å². The fourth-order valence-corrected chi connectivity index (χ4v) is 2.69. The number of carboxylic acids is 1. The number of halogens is 3. The summed E-state index contributed by atoms with van der Waals surface area (Å²) in [5.74, 6) is -1.98. The number of imidazole rings is 1. The SMILES string of the molecule is O=C(O)C(F)(F)F.O=C(c1cnccn1)N1CCn2cc(Cn3cccn3)nc2C1. The van der Waals surface area contributed by atoms with Crippen LogP contribution in [0.2, 0.25) is 0 Å². The van der Waals surface area contributed by atoms with Crippen molar-refractivity contribution >= 4 is 11.9 Å². The van der Waals surface area contributed by atoms with Gasteiger partial charge in [0, 0.05) is 44.1 Å². The zero-order valence-electron chi connectivity index (χ0n) is 15.4. The number of aliphatic carboxylic acids is 1. The Bertz CT molecular complexity index is 1000. The van der Waals surface area contributed by atoms with E-state index in [2.05, 4.69) is 24.6 Å². The van der Waals surface area contributed by atoms with E-state index < -0.39 is 12.1 Å². The average molecular weight is 423 g/mol. The van der Waals surface area contributed by atoms with Crippen LogP contribution in [0.5, 0.6) is 0 Å². The summed E-state index contributed by atoms with van der Waals surface area (Å²) in [6, 6.07) is 1.89. The van der Waals surface area contributed by atoms with Crippen molar-refractivity contribution in [2.24, 2.45) is 0 Å². The summed E-state index contributed by atoms with van der Waals surface area (Å²) in [5.41, 5.74) is 1.31. The van der Waals surface area contributed by atoms with Crippen LogP contribution in [0.15, 0.2) is 43.2 Å². The molecule has 0 atom stereocenters. The number of nitrogens with zero attached hydrogens (tertiary/aromatic N) is 7.